The lowest BCUT2D eigenvalue weighted by Crippen LogP contribution is -2.21. The van der Waals surface area contributed by atoms with Gasteiger partial charge in [-0.05, 0) is 35.9 Å². The minimum Gasteiger partial charge on any atom is -0.496 e. The second-order valence-electron chi connectivity index (χ2n) is 5.84. The first-order valence-corrected chi connectivity index (χ1v) is 7.82. The molecule has 3 aromatic rings. The second-order valence-corrected chi connectivity index (χ2v) is 6.31. The highest BCUT2D eigenvalue weighted by atomic mass is 35.5. The molecule has 3 rings (SSSR count). The zero-order valence-corrected chi connectivity index (χ0v) is 14.8. The predicted octanol–water partition coefficient (Wildman–Crippen LogP) is 4.17. The monoisotopic (exact) mass is 386 g/mol. The minimum atomic E-state index is -3.72. The van der Waals surface area contributed by atoms with Gasteiger partial charge in [-0.1, -0.05) is 0 Å². The summed E-state index contributed by atoms with van der Waals surface area (Å²) in [7, 11) is 1.42. The molecule has 0 radical (unpaired) electrons. The smallest absolute Gasteiger partial charge is 0.383 e. The van der Waals surface area contributed by atoms with Crippen LogP contribution in [0.25, 0.3) is 16.9 Å². The molecule has 0 aliphatic carbocycles. The quantitative estimate of drug-likeness (QED) is 0.616. The number of methoxy groups -OCH3 is 1. The summed E-state index contributed by atoms with van der Waals surface area (Å²) < 4.78 is 51.8. The van der Waals surface area contributed by atoms with Crippen LogP contribution in [0.5, 0.6) is 11.5 Å². The van der Waals surface area contributed by atoms with Crippen LogP contribution in [0.1, 0.15) is 19.7 Å². The Morgan fingerprint density at radius 1 is 1.08 bits per heavy atom. The van der Waals surface area contributed by atoms with Crippen molar-refractivity contribution in [2.24, 2.45) is 0 Å². The summed E-state index contributed by atoms with van der Waals surface area (Å²) in [6.45, 7) is 2.53. The molecule has 0 saturated carbocycles. The van der Waals surface area contributed by atoms with Crippen LogP contribution < -0.4 is 9.47 Å². The Bertz CT molecular complexity index is 951. The predicted molar refractivity (Wildman–Crippen MR) is 88.3 cm³/mol. The molecule has 0 bridgehead atoms. The molecule has 0 fully saturated rings. The summed E-state index contributed by atoms with van der Waals surface area (Å²) in [6, 6.07) is 7.62. The average Bonchev–Trinajstić information content (AvgIpc) is 2.96. The van der Waals surface area contributed by atoms with Gasteiger partial charge in [0.1, 0.15) is 11.5 Å². The molecule has 2 aromatic heterocycles. The van der Waals surface area contributed by atoms with Crippen molar-refractivity contribution >= 4 is 17.2 Å². The number of nitrogens with zero attached hydrogens (tertiary/aromatic N) is 4. The Balaban J connectivity index is 2.08. The number of benzene rings is 1. The van der Waals surface area contributed by atoms with Crippen molar-refractivity contribution in [3.63, 3.8) is 0 Å². The van der Waals surface area contributed by atoms with E-state index in [1.165, 1.54) is 39.2 Å². The zero-order valence-electron chi connectivity index (χ0n) is 14.0. The van der Waals surface area contributed by atoms with E-state index in [2.05, 4.69) is 15.3 Å². The van der Waals surface area contributed by atoms with Gasteiger partial charge >= 0.3 is 5.38 Å². The summed E-state index contributed by atoms with van der Waals surface area (Å²) in [4.78, 5) is 0. The van der Waals surface area contributed by atoms with E-state index in [0.717, 1.165) is 4.52 Å². The van der Waals surface area contributed by atoms with E-state index in [1.54, 1.807) is 12.1 Å². The Hall–Kier alpha value is -2.55. The van der Waals surface area contributed by atoms with Gasteiger partial charge in [0.2, 0.25) is 11.7 Å². The second kappa shape index (κ2) is 6.31. The molecular weight excluding hydrogens is 373 g/mol. The number of hydrogen-bond acceptors (Lipinski definition) is 5. The largest absolute Gasteiger partial charge is 0.496 e. The summed E-state index contributed by atoms with van der Waals surface area (Å²) in [6.07, 6.45) is 0. The number of rotatable bonds is 5. The Kier molecular flexibility index (Phi) is 4.43. The lowest BCUT2D eigenvalue weighted by molar-refractivity contribution is -0.0258. The number of halogens is 4. The van der Waals surface area contributed by atoms with Gasteiger partial charge in [0.15, 0.2) is 5.65 Å². The number of fused-ring (bicyclic) bond motifs is 1. The molecule has 0 unspecified atom stereocenters. The van der Waals surface area contributed by atoms with Crippen molar-refractivity contribution in [1.82, 2.24) is 19.8 Å². The summed E-state index contributed by atoms with van der Waals surface area (Å²) in [5.41, 5.74) is 0.903. The van der Waals surface area contributed by atoms with Crippen molar-refractivity contribution in [3.8, 4) is 22.8 Å². The fourth-order valence-corrected chi connectivity index (χ4v) is 2.45. The van der Waals surface area contributed by atoms with E-state index < -0.39 is 17.1 Å². The van der Waals surface area contributed by atoms with E-state index in [-0.39, 0.29) is 11.4 Å². The van der Waals surface area contributed by atoms with Crippen molar-refractivity contribution in [3.05, 3.63) is 36.2 Å². The Labute approximate surface area is 151 Å². The van der Waals surface area contributed by atoms with E-state index in [0.29, 0.717) is 17.0 Å². The maximum Gasteiger partial charge on any atom is 0.383 e. The lowest BCUT2D eigenvalue weighted by Gasteiger charge is -2.18. The van der Waals surface area contributed by atoms with Crippen LogP contribution in [0.2, 0.25) is 0 Å². The number of hydrogen-bond donors (Lipinski definition) is 0. The molecule has 0 atom stereocenters. The van der Waals surface area contributed by atoms with E-state index in [1.807, 2.05) is 0 Å². The highest BCUT2D eigenvalue weighted by molar-refractivity contribution is 6.21. The van der Waals surface area contributed by atoms with Crippen molar-refractivity contribution in [2.75, 3.05) is 7.11 Å². The van der Waals surface area contributed by atoms with Crippen LogP contribution in [0.15, 0.2) is 30.3 Å². The number of aromatic nitrogens is 4. The van der Waals surface area contributed by atoms with Gasteiger partial charge in [0.05, 0.1) is 12.8 Å². The van der Waals surface area contributed by atoms with E-state index in [9.17, 15) is 13.2 Å². The number of alkyl halides is 4. The highest BCUT2D eigenvalue weighted by Gasteiger charge is 2.35. The van der Waals surface area contributed by atoms with E-state index >= 15 is 0 Å². The molecule has 6 nitrogen and oxygen atoms in total. The van der Waals surface area contributed by atoms with Crippen molar-refractivity contribution < 1.29 is 22.6 Å². The Morgan fingerprint density at radius 3 is 2.42 bits per heavy atom. The van der Waals surface area contributed by atoms with Crippen LogP contribution in [-0.2, 0) is 5.38 Å². The molecule has 26 heavy (non-hydrogen) atoms. The molecule has 0 aliphatic heterocycles. The average molecular weight is 387 g/mol. The molecular formula is C16H14ClF3N4O2. The van der Waals surface area contributed by atoms with Crippen LogP contribution in [0.3, 0.4) is 0 Å². The highest BCUT2D eigenvalue weighted by Crippen LogP contribution is 2.35. The molecule has 138 valence electrons. The summed E-state index contributed by atoms with van der Waals surface area (Å²) in [5, 5.41) is 7.38. The molecule has 0 spiro atoms. The third kappa shape index (κ3) is 3.67. The standard InChI is InChI=1S/C16H14ClF3N4O2/c1-15(2,18)26-9-4-5-10(12(8-9)25-3)11-6-7-13-21-22-14(16(17,19)20)24(13)23-11/h4-8H,1-3H3. The van der Waals surface area contributed by atoms with Gasteiger partial charge in [0, 0.05) is 25.5 Å². The maximum atomic E-state index is 13.7. The fourth-order valence-electron chi connectivity index (χ4n) is 2.34. The van der Waals surface area contributed by atoms with Gasteiger partial charge in [-0.2, -0.15) is 22.8 Å². The SMILES string of the molecule is COc1cc(OC(C)(C)F)ccc1-c1ccc2nnc(C(F)(F)Cl)n2n1. The van der Waals surface area contributed by atoms with Crippen molar-refractivity contribution in [2.45, 2.75) is 25.1 Å². The lowest BCUT2D eigenvalue weighted by atomic mass is 10.1. The molecule has 0 amide bonds. The zero-order chi connectivity index (χ0) is 19.1. The summed E-state index contributed by atoms with van der Waals surface area (Å²) >= 11 is 5.04. The number of ether oxygens (including phenoxy) is 2. The molecule has 0 saturated heterocycles. The fraction of sp³-hybridized carbons (Fsp3) is 0.312. The first-order valence-electron chi connectivity index (χ1n) is 7.44. The van der Waals surface area contributed by atoms with Crippen molar-refractivity contribution in [1.29, 1.82) is 0 Å². The van der Waals surface area contributed by atoms with Gasteiger partial charge < -0.3 is 9.47 Å². The first kappa shape index (κ1) is 18.2. The van der Waals surface area contributed by atoms with Crippen LogP contribution in [0, 0.1) is 0 Å². The van der Waals surface area contributed by atoms with Gasteiger partial charge in [-0.15, -0.1) is 10.2 Å². The first-order chi connectivity index (χ1) is 12.1. The normalized spacial score (nSPS) is 12.4. The minimum absolute atomic E-state index is 0.113. The molecule has 10 heteroatoms. The van der Waals surface area contributed by atoms with Gasteiger partial charge in [-0.25, -0.2) is 0 Å². The van der Waals surface area contributed by atoms with Crippen LogP contribution in [-0.4, -0.2) is 32.8 Å². The van der Waals surface area contributed by atoms with Crippen LogP contribution >= 0.6 is 11.6 Å². The third-order valence-corrected chi connectivity index (χ3v) is 3.49. The maximum absolute atomic E-state index is 13.7. The summed E-state index contributed by atoms with van der Waals surface area (Å²) in [5.74, 6) is -2.09. The van der Waals surface area contributed by atoms with Crippen LogP contribution in [0.4, 0.5) is 13.2 Å². The molecule has 1 aromatic carbocycles. The topological polar surface area (TPSA) is 61.5 Å². The van der Waals surface area contributed by atoms with Gasteiger partial charge in [0.25, 0.3) is 0 Å². The van der Waals surface area contributed by atoms with Gasteiger partial charge in [-0.3, -0.25) is 0 Å². The Morgan fingerprint density at radius 2 is 1.81 bits per heavy atom. The van der Waals surface area contributed by atoms with E-state index in [4.69, 9.17) is 21.1 Å². The molecule has 0 N–H and O–H groups in total. The molecule has 0 aliphatic rings. The third-order valence-electron chi connectivity index (χ3n) is 3.33. The molecule has 2 heterocycles.